The van der Waals surface area contributed by atoms with Crippen LogP contribution in [0.4, 0.5) is 10.5 Å². The Balaban J connectivity index is 1.72. The summed E-state index contributed by atoms with van der Waals surface area (Å²) in [7, 11) is 3.52. The van der Waals surface area contributed by atoms with E-state index >= 15 is 0 Å². The van der Waals surface area contributed by atoms with Crippen LogP contribution in [0.25, 0.3) is 0 Å². The molecular weight excluding hydrogens is 304 g/mol. The molecule has 1 aromatic carbocycles. The third-order valence-electron chi connectivity index (χ3n) is 4.60. The van der Waals surface area contributed by atoms with Gasteiger partial charge in [-0.2, -0.15) is 5.10 Å². The summed E-state index contributed by atoms with van der Waals surface area (Å²) in [6.45, 7) is 3.84. The molecule has 0 unspecified atom stereocenters. The molecule has 0 spiro atoms. The minimum absolute atomic E-state index is 0.0215. The largest absolute Gasteiger partial charge is 0.497 e. The van der Waals surface area contributed by atoms with E-state index in [9.17, 15) is 4.79 Å². The fourth-order valence-corrected chi connectivity index (χ4v) is 2.96. The van der Waals surface area contributed by atoms with E-state index < -0.39 is 0 Å². The first-order valence-electron chi connectivity index (χ1n) is 8.21. The van der Waals surface area contributed by atoms with Crippen molar-refractivity contribution in [3.05, 3.63) is 41.2 Å². The van der Waals surface area contributed by atoms with Crippen molar-refractivity contribution in [3.8, 4) is 5.75 Å². The van der Waals surface area contributed by atoms with Crippen LogP contribution in [0.1, 0.15) is 35.8 Å². The third kappa shape index (κ3) is 3.37. The number of ether oxygens (including phenoxy) is 1. The Morgan fingerprint density at radius 2 is 1.96 bits per heavy atom. The summed E-state index contributed by atoms with van der Waals surface area (Å²) >= 11 is 0. The molecule has 1 aliphatic carbocycles. The van der Waals surface area contributed by atoms with Crippen LogP contribution in [0.3, 0.4) is 0 Å². The Labute approximate surface area is 142 Å². The normalized spacial score (nSPS) is 15.0. The van der Waals surface area contributed by atoms with Crippen molar-refractivity contribution >= 4 is 11.7 Å². The first kappa shape index (κ1) is 16.4. The van der Waals surface area contributed by atoms with Gasteiger partial charge in [0.15, 0.2) is 0 Å². The number of rotatable bonds is 5. The van der Waals surface area contributed by atoms with Crippen LogP contribution in [-0.2, 0) is 7.05 Å². The molecule has 1 saturated carbocycles. The quantitative estimate of drug-likeness (QED) is 0.885. The number of amides is 2. The van der Waals surface area contributed by atoms with Crippen molar-refractivity contribution in [2.45, 2.75) is 32.7 Å². The predicted molar refractivity (Wildman–Crippen MR) is 93.3 cm³/mol. The molecule has 24 heavy (non-hydrogen) atoms. The SMILES string of the molecule is COc1ccc([C@@H](NC(=O)Nc2c(C)nn(C)c2C)C2CC2)cc1. The molecule has 2 aromatic rings. The van der Waals surface area contributed by atoms with E-state index in [0.717, 1.165) is 41.2 Å². The number of aryl methyl sites for hydroxylation is 2. The fourth-order valence-electron chi connectivity index (χ4n) is 2.96. The average Bonchev–Trinajstić information content (AvgIpc) is 3.38. The molecule has 0 aliphatic heterocycles. The van der Waals surface area contributed by atoms with Crippen molar-refractivity contribution in [1.29, 1.82) is 0 Å². The van der Waals surface area contributed by atoms with E-state index in [1.165, 1.54) is 0 Å². The predicted octanol–water partition coefficient (Wildman–Crippen LogP) is 3.32. The van der Waals surface area contributed by atoms with Crippen molar-refractivity contribution in [2.24, 2.45) is 13.0 Å². The van der Waals surface area contributed by atoms with Crippen molar-refractivity contribution in [1.82, 2.24) is 15.1 Å². The Morgan fingerprint density at radius 3 is 2.46 bits per heavy atom. The number of carbonyl (C=O) groups excluding carboxylic acids is 1. The van der Waals surface area contributed by atoms with Gasteiger partial charge in [-0.15, -0.1) is 0 Å². The van der Waals surface area contributed by atoms with Crippen LogP contribution < -0.4 is 15.4 Å². The van der Waals surface area contributed by atoms with Gasteiger partial charge in [-0.25, -0.2) is 4.79 Å². The first-order valence-corrected chi connectivity index (χ1v) is 8.21. The lowest BCUT2D eigenvalue weighted by atomic mass is 10.0. The molecular formula is C18H24N4O2. The summed E-state index contributed by atoms with van der Waals surface area (Å²) in [5, 5.41) is 10.4. The van der Waals surface area contributed by atoms with Crippen LogP contribution in [0.2, 0.25) is 0 Å². The number of anilines is 1. The van der Waals surface area contributed by atoms with Gasteiger partial charge >= 0.3 is 6.03 Å². The molecule has 6 nitrogen and oxygen atoms in total. The number of methoxy groups -OCH3 is 1. The standard InChI is InChI=1S/C18H24N4O2/c1-11-16(12(2)22(3)21-11)19-18(23)20-17(13-5-6-13)14-7-9-15(24-4)10-8-14/h7-10,13,17H,5-6H2,1-4H3,(H2,19,20,23)/t17-/m0/s1. The van der Waals surface area contributed by atoms with E-state index in [1.54, 1.807) is 11.8 Å². The molecule has 1 heterocycles. The second-order valence-electron chi connectivity index (χ2n) is 6.36. The van der Waals surface area contributed by atoms with Gasteiger partial charge in [-0.1, -0.05) is 12.1 Å². The summed E-state index contributed by atoms with van der Waals surface area (Å²) in [6, 6.07) is 7.72. The summed E-state index contributed by atoms with van der Waals surface area (Å²) in [4.78, 5) is 12.5. The lowest BCUT2D eigenvalue weighted by molar-refractivity contribution is 0.247. The van der Waals surface area contributed by atoms with Crippen molar-refractivity contribution in [3.63, 3.8) is 0 Å². The first-order chi connectivity index (χ1) is 11.5. The summed E-state index contributed by atoms with van der Waals surface area (Å²) in [6.07, 6.45) is 2.28. The zero-order valence-corrected chi connectivity index (χ0v) is 14.6. The molecule has 0 bridgehead atoms. The number of benzene rings is 1. The van der Waals surface area contributed by atoms with Gasteiger partial charge in [0.25, 0.3) is 0 Å². The van der Waals surface area contributed by atoms with Crippen LogP contribution >= 0.6 is 0 Å². The van der Waals surface area contributed by atoms with Gasteiger partial charge in [0, 0.05) is 7.05 Å². The van der Waals surface area contributed by atoms with E-state index in [1.807, 2.05) is 45.2 Å². The highest BCUT2D eigenvalue weighted by Crippen LogP contribution is 2.41. The highest BCUT2D eigenvalue weighted by Gasteiger charge is 2.33. The topological polar surface area (TPSA) is 68.2 Å². The number of nitrogens with zero attached hydrogens (tertiary/aromatic N) is 2. The van der Waals surface area contributed by atoms with Gasteiger partial charge in [0.2, 0.25) is 0 Å². The molecule has 1 aliphatic rings. The highest BCUT2D eigenvalue weighted by atomic mass is 16.5. The molecule has 0 saturated heterocycles. The monoisotopic (exact) mass is 328 g/mol. The molecule has 1 atom stereocenters. The zero-order valence-electron chi connectivity index (χ0n) is 14.6. The molecule has 6 heteroatoms. The smallest absolute Gasteiger partial charge is 0.319 e. The van der Waals surface area contributed by atoms with Gasteiger partial charge in [0.05, 0.1) is 30.2 Å². The molecule has 0 radical (unpaired) electrons. The molecule has 1 aromatic heterocycles. The second kappa shape index (κ2) is 6.55. The minimum Gasteiger partial charge on any atom is -0.497 e. The second-order valence-corrected chi connectivity index (χ2v) is 6.36. The lowest BCUT2D eigenvalue weighted by Crippen LogP contribution is -2.34. The Bertz CT molecular complexity index is 732. The van der Waals surface area contributed by atoms with Gasteiger partial charge in [0.1, 0.15) is 5.75 Å². The highest BCUT2D eigenvalue weighted by molar-refractivity contribution is 5.90. The van der Waals surface area contributed by atoms with E-state index in [0.29, 0.717) is 5.92 Å². The van der Waals surface area contributed by atoms with Crippen LogP contribution in [-0.4, -0.2) is 22.9 Å². The number of aromatic nitrogens is 2. The van der Waals surface area contributed by atoms with E-state index in [-0.39, 0.29) is 12.1 Å². The third-order valence-corrected chi connectivity index (χ3v) is 4.60. The summed E-state index contributed by atoms with van der Waals surface area (Å²) < 4.78 is 6.98. The maximum atomic E-state index is 12.5. The maximum Gasteiger partial charge on any atom is 0.319 e. The number of nitrogens with one attached hydrogen (secondary N) is 2. The molecule has 1 fully saturated rings. The Hall–Kier alpha value is -2.50. The van der Waals surface area contributed by atoms with Crippen LogP contribution in [0, 0.1) is 19.8 Å². The molecule has 2 N–H and O–H groups in total. The number of carbonyl (C=O) groups is 1. The molecule has 128 valence electrons. The maximum absolute atomic E-state index is 12.5. The van der Waals surface area contributed by atoms with Gasteiger partial charge in [-0.05, 0) is 50.3 Å². The lowest BCUT2D eigenvalue weighted by Gasteiger charge is -2.19. The Morgan fingerprint density at radius 1 is 1.29 bits per heavy atom. The zero-order chi connectivity index (χ0) is 17.3. The average molecular weight is 328 g/mol. The molecule has 2 amide bonds. The fraction of sp³-hybridized carbons (Fsp3) is 0.444. The number of hydrogen-bond acceptors (Lipinski definition) is 3. The van der Waals surface area contributed by atoms with Crippen LogP contribution in [0.5, 0.6) is 5.75 Å². The molecule has 3 rings (SSSR count). The van der Waals surface area contributed by atoms with Gasteiger partial charge in [-0.3, -0.25) is 4.68 Å². The van der Waals surface area contributed by atoms with Crippen LogP contribution in [0.15, 0.2) is 24.3 Å². The van der Waals surface area contributed by atoms with E-state index in [4.69, 9.17) is 4.74 Å². The van der Waals surface area contributed by atoms with E-state index in [2.05, 4.69) is 15.7 Å². The minimum atomic E-state index is -0.193. The number of hydrogen-bond donors (Lipinski definition) is 2. The van der Waals surface area contributed by atoms with Gasteiger partial charge < -0.3 is 15.4 Å². The number of urea groups is 1. The summed E-state index contributed by atoms with van der Waals surface area (Å²) in [5.74, 6) is 1.32. The van der Waals surface area contributed by atoms with Crippen molar-refractivity contribution in [2.75, 3.05) is 12.4 Å². The summed E-state index contributed by atoms with van der Waals surface area (Å²) in [5.41, 5.74) is 3.64. The van der Waals surface area contributed by atoms with Crippen molar-refractivity contribution < 1.29 is 9.53 Å². The Kier molecular flexibility index (Phi) is 4.46.